The first kappa shape index (κ1) is 12.1. The fourth-order valence-electron chi connectivity index (χ4n) is 2.36. The minimum Gasteiger partial charge on any atom is -0.340 e. The smallest absolute Gasteiger partial charge is 0.222 e. The van der Waals surface area contributed by atoms with Crippen LogP contribution in [0.15, 0.2) is 30.3 Å². The van der Waals surface area contributed by atoms with E-state index in [1.54, 1.807) is 0 Å². The van der Waals surface area contributed by atoms with E-state index in [1.807, 2.05) is 17.9 Å². The highest BCUT2D eigenvalue weighted by molar-refractivity contribution is 5.76. The van der Waals surface area contributed by atoms with E-state index in [4.69, 9.17) is 0 Å². The van der Waals surface area contributed by atoms with Crippen LogP contribution in [-0.2, 0) is 4.79 Å². The van der Waals surface area contributed by atoms with Gasteiger partial charge in [-0.25, -0.2) is 0 Å². The lowest BCUT2D eigenvalue weighted by atomic mass is 10.0. The van der Waals surface area contributed by atoms with Crippen molar-refractivity contribution in [2.24, 2.45) is 0 Å². The van der Waals surface area contributed by atoms with Crippen LogP contribution in [0.5, 0.6) is 0 Å². The molecule has 1 amide bonds. The largest absolute Gasteiger partial charge is 0.340 e. The van der Waals surface area contributed by atoms with Gasteiger partial charge in [0.15, 0.2) is 0 Å². The maximum absolute atomic E-state index is 11.8. The molecule has 0 unspecified atom stereocenters. The number of amides is 1. The summed E-state index contributed by atoms with van der Waals surface area (Å²) in [4.78, 5) is 16.1. The summed E-state index contributed by atoms with van der Waals surface area (Å²) in [5.41, 5.74) is 1.30. The average Bonchev–Trinajstić information content (AvgIpc) is 2.39. The van der Waals surface area contributed by atoms with Crippen molar-refractivity contribution < 1.29 is 4.79 Å². The molecule has 0 N–H and O–H groups in total. The summed E-state index contributed by atoms with van der Waals surface area (Å²) in [5, 5.41) is 0. The summed E-state index contributed by atoms with van der Waals surface area (Å²) in [6.45, 7) is 4.54. The number of benzene rings is 1. The molecule has 0 radical (unpaired) electrons. The number of nitrogens with zero attached hydrogens (tertiary/aromatic N) is 2. The van der Waals surface area contributed by atoms with Crippen LogP contribution in [0.3, 0.4) is 0 Å². The van der Waals surface area contributed by atoms with E-state index < -0.39 is 0 Å². The zero-order valence-corrected chi connectivity index (χ0v) is 10.6. The summed E-state index contributed by atoms with van der Waals surface area (Å²) >= 11 is 0. The number of likely N-dealkylation sites (N-methyl/N-ethyl adjacent to an activating group) is 1. The van der Waals surface area contributed by atoms with Gasteiger partial charge in [-0.1, -0.05) is 37.3 Å². The van der Waals surface area contributed by atoms with Crippen LogP contribution in [0.1, 0.15) is 24.9 Å². The van der Waals surface area contributed by atoms with Gasteiger partial charge in [-0.05, 0) is 12.6 Å². The number of carbonyl (C=O) groups excluding carboxylic acids is 1. The second kappa shape index (κ2) is 5.32. The zero-order valence-electron chi connectivity index (χ0n) is 10.6. The van der Waals surface area contributed by atoms with Gasteiger partial charge in [0.25, 0.3) is 0 Å². The second-order valence-electron chi connectivity index (χ2n) is 4.60. The van der Waals surface area contributed by atoms with Gasteiger partial charge in [0.2, 0.25) is 5.91 Å². The van der Waals surface area contributed by atoms with Gasteiger partial charge >= 0.3 is 0 Å². The molecule has 92 valence electrons. The number of piperazine rings is 1. The summed E-state index contributed by atoms with van der Waals surface area (Å²) < 4.78 is 0. The Bertz CT molecular complexity index is 377. The van der Waals surface area contributed by atoms with Crippen LogP contribution in [0.4, 0.5) is 0 Å². The van der Waals surface area contributed by atoms with E-state index in [1.165, 1.54) is 5.56 Å². The Balaban J connectivity index is 2.13. The first-order valence-electron chi connectivity index (χ1n) is 6.25. The fraction of sp³-hybridized carbons (Fsp3) is 0.500. The molecule has 1 aromatic rings. The summed E-state index contributed by atoms with van der Waals surface area (Å²) in [7, 11) is 2.13. The topological polar surface area (TPSA) is 23.6 Å². The molecule has 3 heteroatoms. The normalized spacial score (nSPS) is 21.5. The molecule has 0 aliphatic carbocycles. The van der Waals surface area contributed by atoms with Gasteiger partial charge < -0.3 is 4.90 Å². The van der Waals surface area contributed by atoms with E-state index in [-0.39, 0.29) is 5.91 Å². The van der Waals surface area contributed by atoms with Crippen molar-refractivity contribution in [2.45, 2.75) is 19.4 Å². The van der Waals surface area contributed by atoms with Crippen molar-refractivity contribution in [1.82, 2.24) is 9.80 Å². The number of hydrogen-bond donors (Lipinski definition) is 0. The van der Waals surface area contributed by atoms with Crippen molar-refractivity contribution in [3.05, 3.63) is 35.9 Å². The van der Waals surface area contributed by atoms with Crippen LogP contribution < -0.4 is 0 Å². The number of hydrogen-bond acceptors (Lipinski definition) is 2. The molecule has 1 aliphatic rings. The van der Waals surface area contributed by atoms with E-state index in [2.05, 4.69) is 36.2 Å². The Morgan fingerprint density at radius 3 is 2.65 bits per heavy atom. The third-order valence-corrected chi connectivity index (χ3v) is 3.49. The van der Waals surface area contributed by atoms with Gasteiger partial charge in [-0.2, -0.15) is 0 Å². The van der Waals surface area contributed by atoms with Crippen molar-refractivity contribution >= 4 is 5.91 Å². The molecule has 1 saturated heterocycles. The molecule has 1 fully saturated rings. The summed E-state index contributed by atoms with van der Waals surface area (Å²) in [6, 6.07) is 10.8. The minimum atomic E-state index is 0.263. The lowest BCUT2D eigenvalue weighted by molar-refractivity contribution is -0.133. The van der Waals surface area contributed by atoms with Gasteiger partial charge in [0.05, 0.1) is 6.04 Å². The Hall–Kier alpha value is -1.35. The second-order valence-corrected chi connectivity index (χ2v) is 4.60. The van der Waals surface area contributed by atoms with Crippen LogP contribution in [0, 0.1) is 0 Å². The molecule has 1 heterocycles. The van der Waals surface area contributed by atoms with Crippen LogP contribution in [-0.4, -0.2) is 42.4 Å². The molecule has 1 atom stereocenters. The van der Waals surface area contributed by atoms with Crippen molar-refractivity contribution in [2.75, 3.05) is 26.7 Å². The summed E-state index contributed by atoms with van der Waals surface area (Å²) in [6.07, 6.45) is 0.602. The highest BCUT2D eigenvalue weighted by Crippen LogP contribution is 2.23. The predicted octanol–water partition coefficient (Wildman–Crippen LogP) is 1.91. The molecule has 0 saturated carbocycles. The summed E-state index contributed by atoms with van der Waals surface area (Å²) in [5.74, 6) is 0.263. The number of carbonyl (C=O) groups is 1. The third-order valence-electron chi connectivity index (χ3n) is 3.49. The van der Waals surface area contributed by atoms with Gasteiger partial charge in [-0.15, -0.1) is 0 Å². The van der Waals surface area contributed by atoms with E-state index in [0.717, 1.165) is 19.6 Å². The Kier molecular flexibility index (Phi) is 3.79. The average molecular weight is 232 g/mol. The fourth-order valence-corrected chi connectivity index (χ4v) is 2.36. The molecule has 3 nitrogen and oxygen atoms in total. The van der Waals surface area contributed by atoms with Crippen LogP contribution >= 0.6 is 0 Å². The first-order valence-corrected chi connectivity index (χ1v) is 6.25. The maximum atomic E-state index is 11.8. The lowest BCUT2D eigenvalue weighted by Gasteiger charge is -2.39. The minimum absolute atomic E-state index is 0.263. The van der Waals surface area contributed by atoms with E-state index in [0.29, 0.717) is 12.5 Å². The Labute approximate surface area is 103 Å². The SMILES string of the molecule is CCC(=O)N1CCN(C)[C@H](c2ccccc2)C1. The molecule has 2 rings (SSSR count). The molecule has 0 spiro atoms. The standard InChI is InChI=1S/C14H20N2O/c1-3-14(17)16-10-9-15(2)13(11-16)12-7-5-4-6-8-12/h4-8,13H,3,9-11H2,1-2H3/t13-/m0/s1. The monoisotopic (exact) mass is 232 g/mol. The zero-order chi connectivity index (χ0) is 12.3. The molecule has 1 aromatic carbocycles. The molecule has 0 aromatic heterocycles. The highest BCUT2D eigenvalue weighted by Gasteiger charge is 2.27. The lowest BCUT2D eigenvalue weighted by Crippen LogP contribution is -2.48. The van der Waals surface area contributed by atoms with Gasteiger partial charge in [0, 0.05) is 26.1 Å². The number of rotatable bonds is 2. The van der Waals surface area contributed by atoms with Crippen molar-refractivity contribution in [1.29, 1.82) is 0 Å². The van der Waals surface area contributed by atoms with E-state index in [9.17, 15) is 4.79 Å². The van der Waals surface area contributed by atoms with Crippen LogP contribution in [0.2, 0.25) is 0 Å². The molecule has 0 bridgehead atoms. The molecule has 1 aliphatic heterocycles. The Morgan fingerprint density at radius 1 is 1.29 bits per heavy atom. The van der Waals surface area contributed by atoms with Crippen molar-refractivity contribution in [3.63, 3.8) is 0 Å². The van der Waals surface area contributed by atoms with E-state index >= 15 is 0 Å². The molecular formula is C14H20N2O. The van der Waals surface area contributed by atoms with Gasteiger partial charge in [-0.3, -0.25) is 9.69 Å². The highest BCUT2D eigenvalue weighted by atomic mass is 16.2. The molecule has 17 heavy (non-hydrogen) atoms. The quantitative estimate of drug-likeness (QED) is 0.777. The molecular weight excluding hydrogens is 212 g/mol. The van der Waals surface area contributed by atoms with Crippen molar-refractivity contribution in [3.8, 4) is 0 Å². The Morgan fingerprint density at radius 2 is 2.00 bits per heavy atom. The first-order chi connectivity index (χ1) is 8.22. The van der Waals surface area contributed by atoms with Crippen LogP contribution in [0.25, 0.3) is 0 Å². The third kappa shape index (κ3) is 2.67. The van der Waals surface area contributed by atoms with Gasteiger partial charge in [0.1, 0.15) is 0 Å². The predicted molar refractivity (Wildman–Crippen MR) is 68.7 cm³/mol. The maximum Gasteiger partial charge on any atom is 0.222 e.